The molecule has 5 rings (SSSR count). The van der Waals surface area contributed by atoms with Gasteiger partial charge in [0.25, 0.3) is 0 Å². The largest absolute Gasteiger partial charge is 0.425 e. The average molecular weight is 489 g/mol. The summed E-state index contributed by atoms with van der Waals surface area (Å²) in [4.78, 5) is 25.7. The van der Waals surface area contributed by atoms with Crippen LogP contribution in [-0.4, -0.2) is 36.4 Å². The van der Waals surface area contributed by atoms with Gasteiger partial charge in [0.05, 0.1) is 24.4 Å². The number of hydrogen-bond donors (Lipinski definition) is 0. The molecule has 36 heavy (non-hydrogen) atoms. The summed E-state index contributed by atoms with van der Waals surface area (Å²) in [6, 6.07) is 13.2. The summed E-state index contributed by atoms with van der Waals surface area (Å²) in [6.07, 6.45) is 6.27. The molecule has 6 heteroatoms. The smallest absolute Gasteiger partial charge is 0.311 e. The van der Waals surface area contributed by atoms with Crippen LogP contribution in [0.5, 0.6) is 11.5 Å². The van der Waals surface area contributed by atoms with Crippen LogP contribution in [0.3, 0.4) is 0 Å². The highest BCUT2D eigenvalue weighted by atomic mass is 16.6. The quantitative estimate of drug-likeness (QED) is 0.135. The number of rotatable bonds is 11. The minimum atomic E-state index is -0.310. The van der Waals surface area contributed by atoms with E-state index in [0.717, 1.165) is 23.8 Å². The number of epoxide rings is 2. The molecule has 3 aromatic rings. The zero-order valence-electron chi connectivity index (χ0n) is 20.8. The molecule has 0 amide bonds. The van der Waals surface area contributed by atoms with Gasteiger partial charge in [-0.25, -0.2) is 0 Å². The van der Waals surface area contributed by atoms with Crippen LogP contribution in [0.4, 0.5) is 0 Å². The maximum absolute atomic E-state index is 12.9. The van der Waals surface area contributed by atoms with Crippen molar-refractivity contribution in [3.63, 3.8) is 0 Å². The van der Waals surface area contributed by atoms with E-state index in [1.807, 2.05) is 42.5 Å². The predicted octanol–water partition coefficient (Wildman–Crippen LogP) is 6.36. The second-order valence-electron chi connectivity index (χ2n) is 9.48. The Balaban J connectivity index is 1.46. The molecule has 0 aromatic heterocycles. The van der Waals surface area contributed by atoms with Gasteiger partial charge in [0.1, 0.15) is 11.5 Å². The lowest BCUT2D eigenvalue weighted by Gasteiger charge is -2.17. The van der Waals surface area contributed by atoms with Gasteiger partial charge >= 0.3 is 11.9 Å². The SMILES string of the molecule is C=Cc1ccc2c(OC(=O)CCC3OC3CC)c3ccccc3c(OC(=O)CCC3OC3CC)c2c1. The Labute approximate surface area is 211 Å². The zero-order valence-corrected chi connectivity index (χ0v) is 20.8. The van der Waals surface area contributed by atoms with Crippen LogP contribution in [0, 0.1) is 0 Å². The molecular formula is C30H32O6. The third kappa shape index (κ3) is 5.15. The fourth-order valence-corrected chi connectivity index (χ4v) is 4.90. The summed E-state index contributed by atoms with van der Waals surface area (Å²) in [5, 5.41) is 2.85. The summed E-state index contributed by atoms with van der Waals surface area (Å²) in [6.45, 7) is 8.03. The lowest BCUT2D eigenvalue weighted by atomic mass is 9.98. The molecule has 2 fully saturated rings. The highest BCUT2D eigenvalue weighted by Gasteiger charge is 2.37. The molecule has 4 unspecified atom stereocenters. The summed E-state index contributed by atoms with van der Waals surface area (Å²) in [7, 11) is 0. The number of fused-ring (bicyclic) bond motifs is 2. The lowest BCUT2D eigenvalue weighted by molar-refractivity contribution is -0.135. The maximum Gasteiger partial charge on any atom is 0.311 e. The van der Waals surface area contributed by atoms with Gasteiger partial charge in [-0.1, -0.05) is 56.8 Å². The summed E-state index contributed by atoms with van der Waals surface area (Å²) in [5.41, 5.74) is 0.876. The van der Waals surface area contributed by atoms with Gasteiger partial charge in [-0.05, 0) is 43.4 Å². The highest BCUT2D eigenvalue weighted by molar-refractivity contribution is 6.13. The molecule has 0 radical (unpaired) electrons. The molecule has 2 saturated heterocycles. The standard InChI is InChI=1S/C30H32O6/c1-4-18-11-12-21-22(17-18)30(36-28(32)16-14-26-24(6-3)34-26)20-10-8-7-9-19(20)29(21)35-27(31)15-13-25-23(5-2)33-25/h4,7-12,17,23-26H,1,5-6,13-16H2,2-3H3. The third-order valence-corrected chi connectivity index (χ3v) is 7.06. The van der Waals surface area contributed by atoms with E-state index in [4.69, 9.17) is 18.9 Å². The first-order valence-electron chi connectivity index (χ1n) is 12.9. The van der Waals surface area contributed by atoms with E-state index in [0.29, 0.717) is 40.5 Å². The van der Waals surface area contributed by atoms with Crippen molar-refractivity contribution in [1.29, 1.82) is 0 Å². The molecule has 0 saturated carbocycles. The Morgan fingerprint density at radius 1 is 0.778 bits per heavy atom. The topological polar surface area (TPSA) is 77.7 Å². The van der Waals surface area contributed by atoms with Crippen molar-refractivity contribution in [2.75, 3.05) is 0 Å². The summed E-state index contributed by atoms with van der Waals surface area (Å²) in [5.74, 6) is 0.326. The van der Waals surface area contributed by atoms with Crippen molar-refractivity contribution in [2.24, 2.45) is 0 Å². The first-order chi connectivity index (χ1) is 17.5. The Morgan fingerprint density at radius 2 is 1.28 bits per heavy atom. The van der Waals surface area contributed by atoms with Crippen LogP contribution in [-0.2, 0) is 19.1 Å². The third-order valence-electron chi connectivity index (χ3n) is 7.06. The van der Waals surface area contributed by atoms with E-state index in [2.05, 4.69) is 20.4 Å². The van der Waals surface area contributed by atoms with E-state index < -0.39 is 0 Å². The Kier molecular flexibility index (Phi) is 7.08. The molecule has 4 atom stereocenters. The first-order valence-corrected chi connectivity index (χ1v) is 12.9. The number of ether oxygens (including phenoxy) is 4. The van der Waals surface area contributed by atoms with Crippen LogP contribution >= 0.6 is 0 Å². The fraction of sp³-hybridized carbons (Fsp3) is 0.400. The molecule has 2 aliphatic rings. The van der Waals surface area contributed by atoms with Crippen molar-refractivity contribution < 1.29 is 28.5 Å². The van der Waals surface area contributed by atoms with Crippen molar-refractivity contribution >= 4 is 39.6 Å². The molecule has 2 aliphatic heterocycles. The van der Waals surface area contributed by atoms with Gasteiger partial charge < -0.3 is 18.9 Å². The van der Waals surface area contributed by atoms with Crippen molar-refractivity contribution in [1.82, 2.24) is 0 Å². The Hall–Kier alpha value is -3.22. The Morgan fingerprint density at radius 3 is 1.75 bits per heavy atom. The van der Waals surface area contributed by atoms with Gasteiger partial charge in [0.15, 0.2) is 0 Å². The van der Waals surface area contributed by atoms with Crippen molar-refractivity contribution in [3.05, 3.63) is 54.6 Å². The minimum Gasteiger partial charge on any atom is -0.425 e. The normalized spacial score (nSPS) is 22.4. The molecule has 0 N–H and O–H groups in total. The van der Waals surface area contributed by atoms with Gasteiger partial charge in [-0.3, -0.25) is 9.59 Å². The van der Waals surface area contributed by atoms with Crippen LogP contribution < -0.4 is 9.47 Å². The summed E-state index contributed by atoms with van der Waals surface area (Å²) < 4.78 is 23.1. The maximum atomic E-state index is 12.9. The average Bonchev–Trinajstić information content (AvgIpc) is 3.83. The van der Waals surface area contributed by atoms with E-state index in [-0.39, 0.29) is 49.2 Å². The second-order valence-corrected chi connectivity index (χ2v) is 9.48. The summed E-state index contributed by atoms with van der Waals surface area (Å²) >= 11 is 0. The second kappa shape index (κ2) is 10.4. The van der Waals surface area contributed by atoms with Gasteiger partial charge in [0, 0.05) is 34.4 Å². The molecular weight excluding hydrogens is 456 g/mol. The number of hydrogen-bond acceptors (Lipinski definition) is 6. The number of carbonyl (C=O) groups excluding carboxylic acids is 2. The number of esters is 2. The lowest BCUT2D eigenvalue weighted by Crippen LogP contribution is -2.12. The minimum absolute atomic E-state index is 0.138. The fourth-order valence-electron chi connectivity index (χ4n) is 4.90. The molecule has 2 heterocycles. The van der Waals surface area contributed by atoms with Gasteiger partial charge in [-0.15, -0.1) is 0 Å². The van der Waals surface area contributed by atoms with E-state index in [1.165, 1.54) is 0 Å². The van der Waals surface area contributed by atoms with Gasteiger partial charge in [0.2, 0.25) is 0 Å². The van der Waals surface area contributed by atoms with E-state index >= 15 is 0 Å². The predicted molar refractivity (Wildman–Crippen MR) is 139 cm³/mol. The molecule has 0 spiro atoms. The molecule has 3 aromatic carbocycles. The zero-order chi connectivity index (χ0) is 25.2. The monoisotopic (exact) mass is 488 g/mol. The van der Waals surface area contributed by atoms with Gasteiger partial charge in [-0.2, -0.15) is 0 Å². The number of benzene rings is 3. The van der Waals surface area contributed by atoms with Crippen LogP contribution in [0.15, 0.2) is 49.0 Å². The van der Waals surface area contributed by atoms with Crippen LogP contribution in [0.1, 0.15) is 57.9 Å². The number of carbonyl (C=O) groups is 2. The molecule has 6 nitrogen and oxygen atoms in total. The van der Waals surface area contributed by atoms with E-state index in [1.54, 1.807) is 6.08 Å². The first kappa shape index (κ1) is 24.5. The Bertz CT molecular complexity index is 1310. The van der Waals surface area contributed by atoms with Crippen LogP contribution in [0.25, 0.3) is 27.6 Å². The van der Waals surface area contributed by atoms with Crippen molar-refractivity contribution in [3.8, 4) is 11.5 Å². The van der Waals surface area contributed by atoms with E-state index in [9.17, 15) is 9.59 Å². The van der Waals surface area contributed by atoms with Crippen molar-refractivity contribution in [2.45, 2.75) is 76.8 Å². The molecule has 188 valence electrons. The molecule has 0 aliphatic carbocycles. The highest BCUT2D eigenvalue weighted by Crippen LogP contribution is 2.44. The van der Waals surface area contributed by atoms with Crippen LogP contribution in [0.2, 0.25) is 0 Å². The molecule has 0 bridgehead atoms.